The van der Waals surface area contributed by atoms with Crippen LogP contribution in [0, 0.1) is 0 Å². The number of rotatable bonds is 3. The molecule has 0 aliphatic rings. The molecule has 1 aromatic rings. The third kappa shape index (κ3) is 3.83. The lowest BCUT2D eigenvalue weighted by Crippen LogP contribution is -2.30. The lowest BCUT2D eigenvalue weighted by molar-refractivity contribution is -0.137. The number of hydrogen-bond acceptors (Lipinski definition) is 3. The molecule has 5 nitrogen and oxygen atoms in total. The Labute approximate surface area is 94.0 Å². The zero-order valence-corrected chi connectivity index (χ0v) is 8.40. The molecule has 0 saturated heterocycles. The third-order valence-electron chi connectivity index (χ3n) is 1.84. The SMILES string of the molecule is O=C(O)N(O)CNc1cccc(C(F)(F)F)c1. The topological polar surface area (TPSA) is 72.8 Å². The molecule has 0 unspecified atom stereocenters. The van der Waals surface area contributed by atoms with E-state index in [4.69, 9.17) is 10.3 Å². The molecule has 0 aromatic heterocycles. The van der Waals surface area contributed by atoms with Crippen LogP contribution < -0.4 is 5.32 Å². The number of hydroxylamine groups is 2. The van der Waals surface area contributed by atoms with Crippen LogP contribution in [0.25, 0.3) is 0 Å². The van der Waals surface area contributed by atoms with Crippen molar-refractivity contribution >= 4 is 11.8 Å². The molecule has 1 aromatic carbocycles. The Kier molecular flexibility index (Phi) is 3.79. The Balaban J connectivity index is 2.70. The van der Waals surface area contributed by atoms with E-state index in [0.717, 1.165) is 12.1 Å². The van der Waals surface area contributed by atoms with Gasteiger partial charge in [-0.05, 0) is 18.2 Å². The van der Waals surface area contributed by atoms with E-state index in [2.05, 4.69) is 5.32 Å². The van der Waals surface area contributed by atoms with Crippen molar-refractivity contribution < 1.29 is 28.3 Å². The number of benzene rings is 1. The Morgan fingerprint density at radius 3 is 2.59 bits per heavy atom. The molecular weight excluding hydrogens is 241 g/mol. The number of nitrogens with one attached hydrogen (secondary N) is 1. The van der Waals surface area contributed by atoms with Crippen molar-refractivity contribution in [2.75, 3.05) is 12.0 Å². The summed E-state index contributed by atoms with van der Waals surface area (Å²) in [5.74, 6) is 0. The number of carboxylic acid groups (broad SMARTS) is 1. The van der Waals surface area contributed by atoms with E-state index in [1.807, 2.05) is 0 Å². The van der Waals surface area contributed by atoms with Crippen LogP contribution in [0.15, 0.2) is 24.3 Å². The number of hydrogen-bond donors (Lipinski definition) is 3. The van der Waals surface area contributed by atoms with Crippen molar-refractivity contribution in [3.05, 3.63) is 29.8 Å². The van der Waals surface area contributed by atoms with Gasteiger partial charge in [-0.3, -0.25) is 5.21 Å². The summed E-state index contributed by atoms with van der Waals surface area (Å²) in [6, 6.07) is 4.20. The first-order valence-electron chi connectivity index (χ1n) is 4.41. The molecule has 0 aliphatic heterocycles. The van der Waals surface area contributed by atoms with Gasteiger partial charge in [-0.25, -0.2) is 4.79 Å². The molecule has 0 fully saturated rings. The fourth-order valence-corrected chi connectivity index (χ4v) is 1.04. The van der Waals surface area contributed by atoms with Crippen molar-refractivity contribution in [3.63, 3.8) is 0 Å². The maximum Gasteiger partial charge on any atom is 0.433 e. The summed E-state index contributed by atoms with van der Waals surface area (Å²) >= 11 is 0. The zero-order chi connectivity index (χ0) is 13.1. The second-order valence-corrected chi connectivity index (χ2v) is 3.10. The van der Waals surface area contributed by atoms with Gasteiger partial charge in [0.25, 0.3) is 0 Å². The number of carbonyl (C=O) groups is 1. The third-order valence-corrected chi connectivity index (χ3v) is 1.84. The molecule has 0 saturated carbocycles. The largest absolute Gasteiger partial charge is 0.463 e. The molecule has 3 N–H and O–H groups in total. The van der Waals surface area contributed by atoms with Gasteiger partial charge in [-0.15, -0.1) is 0 Å². The molecule has 0 bridgehead atoms. The van der Waals surface area contributed by atoms with Crippen LogP contribution in [0.1, 0.15) is 5.56 Å². The predicted molar refractivity (Wildman–Crippen MR) is 51.6 cm³/mol. The van der Waals surface area contributed by atoms with E-state index < -0.39 is 24.5 Å². The van der Waals surface area contributed by atoms with E-state index >= 15 is 0 Å². The van der Waals surface area contributed by atoms with Gasteiger partial charge < -0.3 is 10.4 Å². The first-order chi connectivity index (χ1) is 7.80. The van der Waals surface area contributed by atoms with Gasteiger partial charge in [0.2, 0.25) is 0 Å². The lowest BCUT2D eigenvalue weighted by atomic mass is 10.2. The molecule has 0 radical (unpaired) electrons. The Morgan fingerprint density at radius 2 is 2.06 bits per heavy atom. The second kappa shape index (κ2) is 4.91. The standard InChI is InChI=1S/C9H9F3N2O3/c10-9(11,12)6-2-1-3-7(4-6)13-5-14(17)8(15)16/h1-4,13,17H,5H2,(H,15,16). The Bertz CT molecular complexity index is 409. The maximum atomic E-state index is 12.3. The molecule has 0 spiro atoms. The summed E-state index contributed by atoms with van der Waals surface area (Å²) in [6.45, 7) is -0.531. The van der Waals surface area contributed by atoms with E-state index in [1.54, 1.807) is 0 Å². The highest BCUT2D eigenvalue weighted by Crippen LogP contribution is 2.30. The molecule has 0 heterocycles. The molecule has 0 aliphatic carbocycles. The quantitative estimate of drug-likeness (QED) is 0.437. The molecular formula is C9H9F3N2O3. The summed E-state index contributed by atoms with van der Waals surface area (Å²) in [4.78, 5) is 10.2. The molecule has 1 rings (SSSR count). The average Bonchev–Trinajstić information content (AvgIpc) is 2.25. The van der Waals surface area contributed by atoms with Crippen molar-refractivity contribution in [1.29, 1.82) is 0 Å². The average molecular weight is 250 g/mol. The highest BCUT2D eigenvalue weighted by molar-refractivity contribution is 5.63. The van der Waals surface area contributed by atoms with Gasteiger partial charge >= 0.3 is 12.3 Å². The summed E-state index contributed by atoms with van der Waals surface area (Å²) in [6.07, 6.45) is -6.08. The van der Waals surface area contributed by atoms with Gasteiger partial charge in [-0.2, -0.15) is 18.2 Å². The molecule has 0 atom stereocenters. The summed E-state index contributed by atoms with van der Waals surface area (Å²) in [7, 11) is 0. The monoisotopic (exact) mass is 250 g/mol. The Hall–Kier alpha value is -1.96. The first-order valence-corrected chi connectivity index (χ1v) is 4.41. The number of amides is 1. The molecule has 94 valence electrons. The van der Waals surface area contributed by atoms with Gasteiger partial charge in [0.1, 0.15) is 6.67 Å². The smallest absolute Gasteiger partial charge is 0.433 e. The van der Waals surface area contributed by atoms with Crippen LogP contribution in [0.4, 0.5) is 23.7 Å². The van der Waals surface area contributed by atoms with Crippen LogP contribution in [0.2, 0.25) is 0 Å². The number of anilines is 1. The van der Waals surface area contributed by atoms with Gasteiger partial charge in [-0.1, -0.05) is 6.07 Å². The number of halogens is 3. The van der Waals surface area contributed by atoms with E-state index in [0.29, 0.717) is 0 Å². The van der Waals surface area contributed by atoms with Crippen molar-refractivity contribution in [2.24, 2.45) is 0 Å². The fourth-order valence-electron chi connectivity index (χ4n) is 1.04. The van der Waals surface area contributed by atoms with Crippen LogP contribution in [-0.4, -0.2) is 28.1 Å². The fraction of sp³-hybridized carbons (Fsp3) is 0.222. The van der Waals surface area contributed by atoms with Crippen LogP contribution in [0.5, 0.6) is 0 Å². The first kappa shape index (κ1) is 13.1. The van der Waals surface area contributed by atoms with Gasteiger partial charge in [0.05, 0.1) is 5.56 Å². The van der Waals surface area contributed by atoms with Crippen LogP contribution in [-0.2, 0) is 6.18 Å². The summed E-state index contributed by atoms with van der Waals surface area (Å²) in [5, 5.41) is 19.3. The van der Waals surface area contributed by atoms with Crippen molar-refractivity contribution in [1.82, 2.24) is 5.06 Å². The Morgan fingerprint density at radius 1 is 1.41 bits per heavy atom. The minimum atomic E-state index is -4.47. The van der Waals surface area contributed by atoms with Crippen molar-refractivity contribution in [2.45, 2.75) is 6.18 Å². The minimum Gasteiger partial charge on any atom is -0.463 e. The highest BCUT2D eigenvalue weighted by Gasteiger charge is 2.30. The second-order valence-electron chi connectivity index (χ2n) is 3.10. The molecule has 1 amide bonds. The lowest BCUT2D eigenvalue weighted by Gasteiger charge is -2.14. The summed E-state index contributed by atoms with van der Waals surface area (Å²) < 4.78 is 36.9. The molecule has 8 heteroatoms. The zero-order valence-electron chi connectivity index (χ0n) is 8.40. The van der Waals surface area contributed by atoms with Crippen LogP contribution in [0.3, 0.4) is 0 Å². The van der Waals surface area contributed by atoms with Crippen molar-refractivity contribution in [3.8, 4) is 0 Å². The van der Waals surface area contributed by atoms with E-state index in [-0.39, 0.29) is 10.8 Å². The molecule has 17 heavy (non-hydrogen) atoms. The van der Waals surface area contributed by atoms with Gasteiger partial charge in [0, 0.05) is 5.69 Å². The van der Waals surface area contributed by atoms with Crippen LogP contribution >= 0.6 is 0 Å². The predicted octanol–water partition coefficient (Wildman–Crippen LogP) is 2.44. The van der Waals surface area contributed by atoms with E-state index in [1.165, 1.54) is 12.1 Å². The number of alkyl halides is 3. The minimum absolute atomic E-state index is 0.0557. The normalized spacial score (nSPS) is 11.1. The highest BCUT2D eigenvalue weighted by atomic mass is 19.4. The summed E-state index contributed by atoms with van der Waals surface area (Å²) in [5.41, 5.74) is -0.803. The maximum absolute atomic E-state index is 12.3. The van der Waals surface area contributed by atoms with Gasteiger partial charge in [0.15, 0.2) is 0 Å². The number of nitrogens with zero attached hydrogens (tertiary/aromatic N) is 1. The van der Waals surface area contributed by atoms with E-state index in [9.17, 15) is 18.0 Å².